The van der Waals surface area contributed by atoms with Gasteiger partial charge in [0.2, 0.25) is 5.91 Å². The zero-order valence-corrected chi connectivity index (χ0v) is 23.9. The third-order valence-corrected chi connectivity index (χ3v) is 8.37. The fraction of sp³-hybridized carbons (Fsp3) is 0.281. The Bertz CT molecular complexity index is 1870. The highest BCUT2D eigenvalue weighted by atomic mass is 19.1. The second-order valence-corrected chi connectivity index (χ2v) is 11.0. The molecule has 0 aliphatic carbocycles. The molecule has 3 atom stereocenters. The fourth-order valence-electron chi connectivity index (χ4n) is 6.61. The van der Waals surface area contributed by atoms with E-state index in [0.717, 1.165) is 5.56 Å². The highest BCUT2D eigenvalue weighted by Crippen LogP contribution is 2.38. The van der Waals surface area contributed by atoms with Gasteiger partial charge < -0.3 is 9.80 Å². The third kappa shape index (κ3) is 3.88. The lowest BCUT2D eigenvalue weighted by atomic mass is 9.98. The Hall–Kier alpha value is -4.73. The summed E-state index contributed by atoms with van der Waals surface area (Å²) >= 11 is 0. The first-order chi connectivity index (χ1) is 20.1. The number of aromatic nitrogens is 4. The SMILES string of the molecule is C=CC(=O)N1C[C@H](C)N(c2nc(=O)n3c4c2cc(F)c(-c2c(F)cccc2C=C)[n+]4C(C)c2nccc(C)c2-3)[C@@H](C)C1. The van der Waals surface area contributed by atoms with Crippen molar-refractivity contribution in [1.29, 1.82) is 0 Å². The van der Waals surface area contributed by atoms with E-state index in [9.17, 15) is 9.59 Å². The van der Waals surface area contributed by atoms with Crippen molar-refractivity contribution in [1.82, 2.24) is 19.4 Å². The summed E-state index contributed by atoms with van der Waals surface area (Å²) in [5.74, 6) is -1.16. The smallest absolute Gasteiger partial charge is 0.347 e. The van der Waals surface area contributed by atoms with Crippen molar-refractivity contribution in [2.24, 2.45) is 0 Å². The minimum Gasteiger partial charge on any atom is -0.347 e. The lowest BCUT2D eigenvalue weighted by Gasteiger charge is -2.45. The molecule has 5 heterocycles. The highest BCUT2D eigenvalue weighted by molar-refractivity contribution is 5.90. The standard InChI is InChI=1S/C32H31F2N6O2/c1-7-21-10-9-11-23(33)26(21)29-24(34)14-22-30(38-18(4)15-37(16-19(38)5)25(41)8-2)36-32(42)40-28-17(3)12-13-35-27(28)20(6)39(29)31(22)40/h7-14,18-20H,1-2,15-16H2,3-6H3/q+1/t18-,19-,20?/m0/s1. The van der Waals surface area contributed by atoms with Gasteiger partial charge in [0.05, 0.1) is 5.56 Å². The number of aryl methyl sites for hydroxylation is 1. The monoisotopic (exact) mass is 569 g/mol. The second kappa shape index (κ2) is 9.97. The summed E-state index contributed by atoms with van der Waals surface area (Å²) in [6, 6.07) is 6.60. The first-order valence-corrected chi connectivity index (χ1v) is 13.9. The molecule has 6 rings (SSSR count). The van der Waals surface area contributed by atoms with Crippen LogP contribution >= 0.6 is 0 Å². The van der Waals surface area contributed by atoms with Gasteiger partial charge in [-0.3, -0.25) is 9.78 Å². The molecule has 8 nitrogen and oxygen atoms in total. The molecule has 1 aromatic carbocycles. The number of anilines is 1. The van der Waals surface area contributed by atoms with Crippen LogP contribution in [0, 0.1) is 18.6 Å². The number of fused-ring (bicyclic) bond motifs is 2. The Morgan fingerprint density at radius 2 is 1.81 bits per heavy atom. The van der Waals surface area contributed by atoms with Crippen LogP contribution in [0.2, 0.25) is 0 Å². The number of rotatable bonds is 4. The Morgan fingerprint density at radius 1 is 1.10 bits per heavy atom. The van der Waals surface area contributed by atoms with Crippen LogP contribution in [0.15, 0.2) is 60.6 Å². The van der Waals surface area contributed by atoms with Crippen molar-refractivity contribution in [3.05, 3.63) is 94.7 Å². The van der Waals surface area contributed by atoms with Crippen LogP contribution in [0.5, 0.6) is 0 Å². The van der Waals surface area contributed by atoms with Crippen molar-refractivity contribution in [2.75, 3.05) is 18.0 Å². The van der Waals surface area contributed by atoms with E-state index in [1.54, 1.807) is 27.8 Å². The number of carbonyl (C=O) groups is 1. The number of carbonyl (C=O) groups excluding carboxylic acids is 1. The van der Waals surface area contributed by atoms with E-state index in [0.29, 0.717) is 46.9 Å². The van der Waals surface area contributed by atoms with Crippen molar-refractivity contribution in [3.63, 3.8) is 0 Å². The largest absolute Gasteiger partial charge is 0.442 e. The van der Waals surface area contributed by atoms with E-state index in [2.05, 4.69) is 23.1 Å². The fourth-order valence-corrected chi connectivity index (χ4v) is 6.61. The van der Waals surface area contributed by atoms with E-state index in [1.165, 1.54) is 28.9 Å². The molecule has 0 radical (unpaired) electrons. The molecule has 3 aromatic heterocycles. The van der Waals surface area contributed by atoms with Gasteiger partial charge in [-0.1, -0.05) is 31.4 Å². The summed E-state index contributed by atoms with van der Waals surface area (Å²) < 4.78 is 35.2. The van der Waals surface area contributed by atoms with Crippen LogP contribution < -0.4 is 15.2 Å². The first-order valence-electron chi connectivity index (χ1n) is 13.9. The number of amides is 1. The lowest BCUT2D eigenvalue weighted by molar-refractivity contribution is -0.680. The number of pyridine rings is 2. The molecule has 2 aliphatic heterocycles. The predicted molar refractivity (Wildman–Crippen MR) is 158 cm³/mol. The van der Waals surface area contributed by atoms with E-state index in [1.807, 2.05) is 38.7 Å². The van der Waals surface area contributed by atoms with E-state index < -0.39 is 23.4 Å². The maximum absolute atomic E-state index is 16.5. The molecule has 1 saturated heterocycles. The number of hydrogen-bond donors (Lipinski definition) is 0. The molecule has 214 valence electrons. The zero-order chi connectivity index (χ0) is 30.0. The molecule has 0 saturated carbocycles. The van der Waals surface area contributed by atoms with Crippen LogP contribution in [0.4, 0.5) is 14.6 Å². The van der Waals surface area contributed by atoms with Gasteiger partial charge in [0.1, 0.15) is 22.9 Å². The molecule has 0 N–H and O–H groups in total. The number of piperazine rings is 1. The van der Waals surface area contributed by atoms with E-state index >= 15 is 8.78 Å². The van der Waals surface area contributed by atoms with Gasteiger partial charge in [-0.15, -0.1) is 4.57 Å². The van der Waals surface area contributed by atoms with Crippen molar-refractivity contribution < 1.29 is 18.1 Å². The Morgan fingerprint density at radius 3 is 2.48 bits per heavy atom. The van der Waals surface area contributed by atoms with E-state index in [-0.39, 0.29) is 29.2 Å². The second-order valence-electron chi connectivity index (χ2n) is 11.0. The van der Waals surface area contributed by atoms with Gasteiger partial charge in [-0.05, 0) is 57.5 Å². The molecular formula is C32H31F2N6O2+. The van der Waals surface area contributed by atoms with Gasteiger partial charge in [0.15, 0.2) is 23.0 Å². The van der Waals surface area contributed by atoms with Gasteiger partial charge in [0.25, 0.3) is 0 Å². The molecule has 1 unspecified atom stereocenters. The highest BCUT2D eigenvalue weighted by Gasteiger charge is 2.42. The van der Waals surface area contributed by atoms with Crippen LogP contribution in [0.25, 0.3) is 34.1 Å². The van der Waals surface area contributed by atoms with Gasteiger partial charge >= 0.3 is 11.3 Å². The number of nitrogens with zero attached hydrogens (tertiary/aromatic N) is 6. The summed E-state index contributed by atoms with van der Waals surface area (Å²) in [6.45, 7) is 15.8. The summed E-state index contributed by atoms with van der Waals surface area (Å²) in [5, 5.41) is 0.398. The van der Waals surface area contributed by atoms with Gasteiger partial charge in [-0.2, -0.15) is 4.98 Å². The van der Waals surface area contributed by atoms with Crippen molar-refractivity contribution >= 4 is 28.8 Å². The average molecular weight is 570 g/mol. The predicted octanol–water partition coefficient (Wildman–Crippen LogP) is 4.50. The summed E-state index contributed by atoms with van der Waals surface area (Å²) in [6.07, 6.45) is 4.41. The van der Waals surface area contributed by atoms with Crippen LogP contribution in [0.3, 0.4) is 0 Å². The maximum Gasteiger partial charge on any atom is 0.442 e. The van der Waals surface area contributed by atoms with Crippen LogP contribution in [-0.4, -0.2) is 50.5 Å². The van der Waals surface area contributed by atoms with Crippen molar-refractivity contribution in [2.45, 2.75) is 45.8 Å². The number of hydrogen-bond acceptors (Lipinski definition) is 5. The topological polar surface area (TPSA) is 75.2 Å². The minimum atomic E-state index is -0.673. The van der Waals surface area contributed by atoms with Gasteiger partial charge in [-0.25, -0.2) is 18.1 Å². The molecule has 0 spiro atoms. The normalized spacial score (nSPS) is 19.5. The Balaban J connectivity index is 1.73. The Kier molecular flexibility index (Phi) is 6.51. The molecule has 0 bridgehead atoms. The molecule has 2 aliphatic rings. The maximum atomic E-state index is 16.5. The van der Waals surface area contributed by atoms with Crippen LogP contribution in [0.1, 0.15) is 43.6 Å². The third-order valence-electron chi connectivity index (χ3n) is 8.37. The number of benzene rings is 1. The van der Waals surface area contributed by atoms with E-state index in [4.69, 9.17) is 0 Å². The lowest BCUT2D eigenvalue weighted by Crippen LogP contribution is -2.59. The summed E-state index contributed by atoms with van der Waals surface area (Å²) in [5.41, 5.74) is 2.21. The van der Waals surface area contributed by atoms with Crippen molar-refractivity contribution in [3.8, 4) is 16.9 Å². The van der Waals surface area contributed by atoms with Crippen LogP contribution in [-0.2, 0) is 4.79 Å². The molecule has 10 heteroatoms. The molecular weight excluding hydrogens is 538 g/mol. The summed E-state index contributed by atoms with van der Waals surface area (Å²) in [7, 11) is 0. The molecule has 1 amide bonds. The van der Waals surface area contributed by atoms with Gasteiger partial charge in [0, 0.05) is 36.9 Å². The molecule has 1 fully saturated rings. The molecule has 42 heavy (non-hydrogen) atoms. The summed E-state index contributed by atoms with van der Waals surface area (Å²) in [4.78, 5) is 39.2. The molecule has 4 aromatic rings. The Labute approximate surface area is 241 Å². The zero-order valence-electron chi connectivity index (χ0n) is 23.9. The average Bonchev–Trinajstić information content (AvgIpc) is 2.96. The first kappa shape index (κ1) is 27.4. The number of halogens is 2. The quantitative estimate of drug-likeness (QED) is 0.267. The minimum absolute atomic E-state index is 0.00949.